The molecular formula is C26H18N2O. The van der Waals surface area contributed by atoms with Crippen molar-refractivity contribution in [3.63, 3.8) is 0 Å². The van der Waals surface area contributed by atoms with Gasteiger partial charge in [-0.1, -0.05) is 97.1 Å². The van der Waals surface area contributed by atoms with Crippen molar-refractivity contribution in [2.75, 3.05) is 0 Å². The van der Waals surface area contributed by atoms with E-state index in [1.807, 2.05) is 109 Å². The van der Waals surface area contributed by atoms with Gasteiger partial charge in [-0.25, -0.2) is 9.97 Å². The molecular weight excluding hydrogens is 356 g/mol. The molecule has 0 spiro atoms. The van der Waals surface area contributed by atoms with E-state index in [4.69, 9.17) is 14.4 Å². The minimum atomic E-state index is 0.514. The van der Waals surface area contributed by atoms with Crippen molar-refractivity contribution in [1.82, 2.24) is 9.97 Å². The highest BCUT2D eigenvalue weighted by Crippen LogP contribution is 2.35. The Balaban J connectivity index is 1.65. The van der Waals surface area contributed by atoms with Gasteiger partial charge in [0.05, 0.1) is 5.69 Å². The van der Waals surface area contributed by atoms with E-state index >= 15 is 0 Å². The molecule has 0 atom stereocenters. The van der Waals surface area contributed by atoms with E-state index < -0.39 is 0 Å². The van der Waals surface area contributed by atoms with E-state index in [-0.39, 0.29) is 0 Å². The van der Waals surface area contributed by atoms with E-state index in [9.17, 15) is 0 Å². The predicted octanol–water partition coefficient (Wildman–Crippen LogP) is 6.74. The van der Waals surface area contributed by atoms with E-state index in [1.54, 1.807) is 0 Å². The molecule has 138 valence electrons. The van der Waals surface area contributed by atoms with Crippen molar-refractivity contribution in [3.05, 3.63) is 109 Å². The summed E-state index contributed by atoms with van der Waals surface area (Å²) in [6.07, 6.45) is 0. The fourth-order valence-corrected chi connectivity index (χ4v) is 3.33. The second-order valence-electron chi connectivity index (χ2n) is 6.70. The normalized spacial score (nSPS) is 10.8. The predicted molar refractivity (Wildman–Crippen MR) is 116 cm³/mol. The Morgan fingerprint density at radius 1 is 0.448 bits per heavy atom. The number of hydrogen-bond donors (Lipinski definition) is 0. The second kappa shape index (κ2) is 7.56. The van der Waals surface area contributed by atoms with Gasteiger partial charge in [-0.15, -0.1) is 0 Å². The maximum absolute atomic E-state index is 6.26. The van der Waals surface area contributed by atoms with Crippen LogP contribution in [-0.4, -0.2) is 9.97 Å². The molecule has 3 aromatic carbocycles. The number of oxazole rings is 1. The third-order valence-electron chi connectivity index (χ3n) is 4.75. The smallest absolute Gasteiger partial charge is 0.246 e. The molecule has 0 unspecified atom stereocenters. The van der Waals surface area contributed by atoms with Crippen LogP contribution in [0.3, 0.4) is 0 Å². The molecule has 2 aromatic heterocycles. The molecule has 0 aliphatic heterocycles. The van der Waals surface area contributed by atoms with Crippen LogP contribution in [0.5, 0.6) is 0 Å². The van der Waals surface area contributed by atoms with Crippen molar-refractivity contribution < 1.29 is 4.42 Å². The highest BCUT2D eigenvalue weighted by Gasteiger charge is 2.18. The third-order valence-corrected chi connectivity index (χ3v) is 4.75. The van der Waals surface area contributed by atoms with E-state index in [1.165, 1.54) is 0 Å². The number of benzene rings is 3. The maximum atomic E-state index is 6.26. The van der Waals surface area contributed by atoms with Crippen LogP contribution in [0.1, 0.15) is 0 Å². The number of pyridine rings is 1. The minimum absolute atomic E-state index is 0.514. The fraction of sp³-hybridized carbons (Fsp3) is 0. The van der Waals surface area contributed by atoms with Crippen LogP contribution in [-0.2, 0) is 0 Å². The average molecular weight is 374 g/mol. The summed E-state index contributed by atoms with van der Waals surface area (Å²) in [5, 5.41) is 0. The lowest BCUT2D eigenvalue weighted by atomic mass is 10.1. The Labute approximate surface area is 169 Å². The molecule has 29 heavy (non-hydrogen) atoms. The van der Waals surface area contributed by atoms with Gasteiger partial charge in [-0.3, -0.25) is 0 Å². The van der Waals surface area contributed by atoms with Crippen molar-refractivity contribution >= 4 is 0 Å². The quantitative estimate of drug-likeness (QED) is 0.350. The Kier molecular flexibility index (Phi) is 4.47. The molecule has 5 aromatic rings. The standard InChI is InChI=1S/C26H18N2O/c1-4-11-19(12-5-1)22-17-10-18-23(27-22)26-28-24(20-13-6-2-7-14-20)25(29-26)21-15-8-3-9-16-21/h1-18H. The monoisotopic (exact) mass is 374 g/mol. The molecule has 3 nitrogen and oxygen atoms in total. The van der Waals surface area contributed by atoms with Gasteiger partial charge in [-0.2, -0.15) is 0 Å². The maximum Gasteiger partial charge on any atom is 0.246 e. The zero-order valence-corrected chi connectivity index (χ0v) is 15.7. The van der Waals surface area contributed by atoms with Crippen LogP contribution in [0.15, 0.2) is 114 Å². The van der Waals surface area contributed by atoms with Crippen molar-refractivity contribution in [1.29, 1.82) is 0 Å². The highest BCUT2D eigenvalue weighted by atomic mass is 16.4. The molecule has 2 heterocycles. The van der Waals surface area contributed by atoms with Crippen molar-refractivity contribution in [2.45, 2.75) is 0 Å². The molecule has 0 aliphatic rings. The van der Waals surface area contributed by atoms with E-state index in [0.717, 1.165) is 33.8 Å². The van der Waals surface area contributed by atoms with Gasteiger partial charge in [-0.05, 0) is 12.1 Å². The van der Waals surface area contributed by atoms with E-state index in [2.05, 4.69) is 0 Å². The summed E-state index contributed by atoms with van der Waals surface area (Å²) in [6.45, 7) is 0. The summed E-state index contributed by atoms with van der Waals surface area (Å²) >= 11 is 0. The summed E-state index contributed by atoms with van der Waals surface area (Å²) in [6, 6.07) is 36.2. The lowest BCUT2D eigenvalue weighted by Gasteiger charge is -2.02. The summed E-state index contributed by atoms with van der Waals surface area (Å²) in [4.78, 5) is 9.63. The molecule has 5 rings (SSSR count). The molecule has 0 N–H and O–H groups in total. The molecule has 0 amide bonds. The molecule has 3 heteroatoms. The van der Waals surface area contributed by atoms with Gasteiger partial charge >= 0.3 is 0 Å². The first-order chi connectivity index (χ1) is 14.4. The molecule has 0 saturated carbocycles. The number of rotatable bonds is 4. The molecule has 0 saturated heterocycles. The Hall–Kier alpha value is -3.98. The lowest BCUT2D eigenvalue weighted by Crippen LogP contribution is -1.88. The molecule has 0 radical (unpaired) electrons. The van der Waals surface area contributed by atoms with Crippen LogP contribution in [0.25, 0.3) is 45.4 Å². The van der Waals surface area contributed by atoms with Gasteiger partial charge in [0.2, 0.25) is 5.89 Å². The summed E-state index contributed by atoms with van der Waals surface area (Å²) < 4.78 is 6.26. The first-order valence-electron chi connectivity index (χ1n) is 9.53. The molecule has 0 fully saturated rings. The SMILES string of the molecule is c1ccc(-c2cccc(-c3nc(-c4ccccc4)c(-c4ccccc4)o3)n2)cc1. The molecule has 0 aliphatic carbocycles. The topological polar surface area (TPSA) is 38.9 Å². The first-order valence-corrected chi connectivity index (χ1v) is 9.53. The van der Waals surface area contributed by atoms with Crippen molar-refractivity contribution in [2.24, 2.45) is 0 Å². The Morgan fingerprint density at radius 3 is 1.66 bits per heavy atom. The number of hydrogen-bond acceptors (Lipinski definition) is 3. The van der Waals surface area contributed by atoms with Crippen molar-refractivity contribution in [3.8, 4) is 45.4 Å². The Bertz CT molecular complexity index is 1170. The van der Waals surface area contributed by atoms with Gasteiger partial charge in [0.15, 0.2) is 5.76 Å². The third kappa shape index (κ3) is 3.46. The van der Waals surface area contributed by atoms with Gasteiger partial charge in [0, 0.05) is 16.7 Å². The zero-order valence-electron chi connectivity index (χ0n) is 15.7. The van der Waals surface area contributed by atoms with Gasteiger partial charge in [0.1, 0.15) is 11.4 Å². The summed E-state index contributed by atoms with van der Waals surface area (Å²) in [5.41, 5.74) is 5.49. The van der Waals surface area contributed by atoms with Crippen LogP contribution in [0, 0.1) is 0 Å². The summed E-state index contributed by atoms with van der Waals surface area (Å²) in [5.74, 6) is 1.26. The largest absolute Gasteiger partial charge is 0.434 e. The zero-order chi connectivity index (χ0) is 19.5. The van der Waals surface area contributed by atoms with Crippen LogP contribution in [0.2, 0.25) is 0 Å². The number of aromatic nitrogens is 2. The van der Waals surface area contributed by atoms with Crippen LogP contribution >= 0.6 is 0 Å². The average Bonchev–Trinajstić information content (AvgIpc) is 3.27. The highest BCUT2D eigenvalue weighted by molar-refractivity contribution is 5.78. The fourth-order valence-electron chi connectivity index (χ4n) is 3.33. The van der Waals surface area contributed by atoms with Gasteiger partial charge < -0.3 is 4.42 Å². The Morgan fingerprint density at radius 2 is 1.00 bits per heavy atom. The van der Waals surface area contributed by atoms with E-state index in [0.29, 0.717) is 11.6 Å². The molecule has 0 bridgehead atoms. The van der Waals surface area contributed by atoms with Crippen LogP contribution < -0.4 is 0 Å². The van der Waals surface area contributed by atoms with Gasteiger partial charge in [0.25, 0.3) is 0 Å². The van der Waals surface area contributed by atoms with Crippen LogP contribution in [0.4, 0.5) is 0 Å². The number of nitrogens with zero attached hydrogens (tertiary/aromatic N) is 2. The second-order valence-corrected chi connectivity index (χ2v) is 6.70. The first kappa shape index (κ1) is 17.1. The lowest BCUT2D eigenvalue weighted by molar-refractivity contribution is 0.586. The summed E-state index contributed by atoms with van der Waals surface area (Å²) in [7, 11) is 0. The minimum Gasteiger partial charge on any atom is -0.434 e.